The molecule has 2 heterocycles. The van der Waals surface area contributed by atoms with Crippen LogP contribution in [0.15, 0.2) is 47.3 Å². The Kier molecular flexibility index (Phi) is 4.54. The van der Waals surface area contributed by atoms with Gasteiger partial charge >= 0.3 is 0 Å². The van der Waals surface area contributed by atoms with Gasteiger partial charge in [-0.25, -0.2) is 0 Å². The molecular formula is C21H20N2O4. The third-order valence-electron chi connectivity index (χ3n) is 4.63. The Hall–Kier alpha value is -3.28. The Labute approximate surface area is 156 Å². The van der Waals surface area contributed by atoms with Crippen LogP contribution in [0.4, 0.5) is 0 Å². The summed E-state index contributed by atoms with van der Waals surface area (Å²) in [5.74, 6) is 1.34. The standard InChI is InChI=1S/C21H20N2O4/c1-13-2-5-17-15(8-13)10-16(21(25)23-17)11-22-20(24)7-4-14-3-6-18-19(9-14)27-12-26-18/h2-3,5-6,8-10H,4,7,11-12H2,1H3,(H,22,24)(H,23,25). The van der Waals surface area contributed by atoms with Crippen LogP contribution in [-0.2, 0) is 17.8 Å². The van der Waals surface area contributed by atoms with Gasteiger partial charge in [0, 0.05) is 24.0 Å². The molecule has 0 saturated carbocycles. The molecule has 0 aliphatic carbocycles. The molecule has 1 aliphatic rings. The van der Waals surface area contributed by atoms with E-state index in [1.54, 1.807) is 0 Å². The Balaban J connectivity index is 1.37. The predicted octanol–water partition coefficient (Wildman–Crippen LogP) is 2.81. The average molecular weight is 364 g/mol. The van der Waals surface area contributed by atoms with Crippen molar-refractivity contribution in [3.63, 3.8) is 0 Å². The lowest BCUT2D eigenvalue weighted by Crippen LogP contribution is -2.26. The molecule has 1 aliphatic heterocycles. The number of hydrogen-bond acceptors (Lipinski definition) is 4. The fourth-order valence-corrected chi connectivity index (χ4v) is 3.14. The summed E-state index contributed by atoms with van der Waals surface area (Å²) < 4.78 is 10.6. The second-order valence-corrected chi connectivity index (χ2v) is 6.68. The van der Waals surface area contributed by atoms with Crippen molar-refractivity contribution >= 4 is 16.8 Å². The highest BCUT2D eigenvalue weighted by atomic mass is 16.7. The molecule has 6 heteroatoms. The molecule has 6 nitrogen and oxygen atoms in total. The number of benzene rings is 2. The maximum absolute atomic E-state index is 12.2. The van der Waals surface area contributed by atoms with Crippen molar-refractivity contribution in [2.45, 2.75) is 26.3 Å². The van der Waals surface area contributed by atoms with Crippen LogP contribution in [0, 0.1) is 6.92 Å². The van der Waals surface area contributed by atoms with Gasteiger partial charge in [-0.3, -0.25) is 9.59 Å². The minimum absolute atomic E-state index is 0.101. The van der Waals surface area contributed by atoms with Crippen LogP contribution in [0.25, 0.3) is 10.9 Å². The number of rotatable bonds is 5. The van der Waals surface area contributed by atoms with Crippen LogP contribution in [0.5, 0.6) is 11.5 Å². The molecule has 138 valence electrons. The van der Waals surface area contributed by atoms with Gasteiger partial charge in [-0.15, -0.1) is 0 Å². The normalized spacial score (nSPS) is 12.3. The fourth-order valence-electron chi connectivity index (χ4n) is 3.14. The zero-order chi connectivity index (χ0) is 18.8. The van der Waals surface area contributed by atoms with Gasteiger partial charge < -0.3 is 19.8 Å². The molecule has 1 amide bonds. The van der Waals surface area contributed by atoms with Crippen molar-refractivity contribution < 1.29 is 14.3 Å². The number of carbonyl (C=O) groups excluding carboxylic acids is 1. The largest absolute Gasteiger partial charge is 0.454 e. The molecular weight excluding hydrogens is 344 g/mol. The van der Waals surface area contributed by atoms with Crippen LogP contribution < -0.4 is 20.3 Å². The van der Waals surface area contributed by atoms with E-state index in [2.05, 4.69) is 10.3 Å². The van der Waals surface area contributed by atoms with E-state index in [9.17, 15) is 9.59 Å². The molecule has 0 radical (unpaired) electrons. The zero-order valence-corrected chi connectivity index (χ0v) is 15.0. The van der Waals surface area contributed by atoms with Crippen molar-refractivity contribution in [3.8, 4) is 11.5 Å². The lowest BCUT2D eigenvalue weighted by atomic mass is 10.1. The molecule has 4 rings (SSSR count). The summed E-state index contributed by atoms with van der Waals surface area (Å²) in [4.78, 5) is 27.2. The van der Waals surface area contributed by atoms with Crippen LogP contribution in [0.1, 0.15) is 23.1 Å². The van der Waals surface area contributed by atoms with Crippen LogP contribution in [0.2, 0.25) is 0 Å². The fraction of sp³-hybridized carbons (Fsp3) is 0.238. The number of aryl methyl sites for hydroxylation is 2. The third-order valence-corrected chi connectivity index (χ3v) is 4.63. The van der Waals surface area contributed by atoms with E-state index in [1.807, 2.05) is 49.4 Å². The molecule has 1 aromatic heterocycles. The van der Waals surface area contributed by atoms with Gasteiger partial charge in [-0.05, 0) is 54.6 Å². The lowest BCUT2D eigenvalue weighted by Gasteiger charge is -2.07. The van der Waals surface area contributed by atoms with Gasteiger partial charge in [-0.2, -0.15) is 0 Å². The molecule has 2 N–H and O–H groups in total. The highest BCUT2D eigenvalue weighted by molar-refractivity contribution is 5.80. The number of pyridine rings is 1. The van der Waals surface area contributed by atoms with E-state index >= 15 is 0 Å². The van der Waals surface area contributed by atoms with Crippen molar-refractivity contribution in [2.24, 2.45) is 0 Å². The number of aromatic nitrogens is 1. The minimum atomic E-state index is -0.178. The number of fused-ring (bicyclic) bond motifs is 2. The number of carbonyl (C=O) groups is 1. The van der Waals surface area contributed by atoms with Gasteiger partial charge in [0.05, 0.1) is 0 Å². The summed E-state index contributed by atoms with van der Waals surface area (Å²) in [5, 5.41) is 3.78. The third kappa shape index (κ3) is 3.79. The number of ether oxygens (including phenoxy) is 2. The first kappa shape index (κ1) is 17.1. The lowest BCUT2D eigenvalue weighted by molar-refractivity contribution is -0.121. The van der Waals surface area contributed by atoms with E-state index in [1.165, 1.54) is 0 Å². The number of aromatic amines is 1. The van der Waals surface area contributed by atoms with Gasteiger partial charge in [0.15, 0.2) is 11.5 Å². The van der Waals surface area contributed by atoms with Crippen LogP contribution in [-0.4, -0.2) is 17.7 Å². The molecule has 0 unspecified atom stereocenters. The van der Waals surface area contributed by atoms with E-state index in [0.29, 0.717) is 24.2 Å². The first-order valence-electron chi connectivity index (χ1n) is 8.86. The molecule has 0 fully saturated rings. The second kappa shape index (κ2) is 7.15. The highest BCUT2D eigenvalue weighted by Gasteiger charge is 2.13. The Morgan fingerprint density at radius 1 is 1.11 bits per heavy atom. The van der Waals surface area contributed by atoms with Gasteiger partial charge in [0.2, 0.25) is 12.7 Å². The zero-order valence-electron chi connectivity index (χ0n) is 15.0. The van der Waals surface area contributed by atoms with E-state index in [-0.39, 0.29) is 24.8 Å². The molecule has 27 heavy (non-hydrogen) atoms. The summed E-state index contributed by atoms with van der Waals surface area (Å²) in [6.07, 6.45) is 0.931. The Morgan fingerprint density at radius 3 is 2.85 bits per heavy atom. The topological polar surface area (TPSA) is 80.4 Å². The molecule has 0 atom stereocenters. The van der Waals surface area contributed by atoms with Crippen LogP contribution in [0.3, 0.4) is 0 Å². The van der Waals surface area contributed by atoms with E-state index in [0.717, 1.165) is 27.8 Å². The Morgan fingerprint density at radius 2 is 1.96 bits per heavy atom. The molecule has 0 saturated heterocycles. The number of amides is 1. The first-order valence-corrected chi connectivity index (χ1v) is 8.86. The highest BCUT2D eigenvalue weighted by Crippen LogP contribution is 2.32. The second-order valence-electron chi connectivity index (χ2n) is 6.68. The van der Waals surface area contributed by atoms with E-state index in [4.69, 9.17) is 9.47 Å². The van der Waals surface area contributed by atoms with Gasteiger partial charge in [0.1, 0.15) is 0 Å². The number of nitrogens with one attached hydrogen (secondary N) is 2. The number of hydrogen-bond donors (Lipinski definition) is 2. The average Bonchev–Trinajstić information content (AvgIpc) is 3.13. The van der Waals surface area contributed by atoms with Crippen molar-refractivity contribution in [3.05, 3.63) is 69.5 Å². The first-order chi connectivity index (χ1) is 13.1. The molecule has 0 bridgehead atoms. The van der Waals surface area contributed by atoms with Gasteiger partial charge in [0.25, 0.3) is 5.56 Å². The van der Waals surface area contributed by atoms with E-state index < -0.39 is 0 Å². The van der Waals surface area contributed by atoms with Crippen molar-refractivity contribution in [1.82, 2.24) is 10.3 Å². The Bertz CT molecular complexity index is 1070. The molecule has 2 aromatic carbocycles. The predicted molar refractivity (Wildman–Crippen MR) is 102 cm³/mol. The van der Waals surface area contributed by atoms with Crippen LogP contribution >= 0.6 is 0 Å². The van der Waals surface area contributed by atoms with Crippen molar-refractivity contribution in [2.75, 3.05) is 6.79 Å². The quantitative estimate of drug-likeness (QED) is 0.730. The summed E-state index contributed by atoms with van der Waals surface area (Å²) in [6, 6.07) is 13.4. The summed E-state index contributed by atoms with van der Waals surface area (Å²) in [7, 11) is 0. The smallest absolute Gasteiger partial charge is 0.253 e. The SMILES string of the molecule is Cc1ccc2[nH]c(=O)c(CNC(=O)CCc3ccc4c(c3)OCO4)cc2c1. The van der Waals surface area contributed by atoms with Crippen molar-refractivity contribution in [1.29, 1.82) is 0 Å². The maximum Gasteiger partial charge on any atom is 0.253 e. The monoisotopic (exact) mass is 364 g/mol. The maximum atomic E-state index is 12.2. The summed E-state index contributed by atoms with van der Waals surface area (Å²) in [6.45, 7) is 2.44. The van der Waals surface area contributed by atoms with Gasteiger partial charge in [-0.1, -0.05) is 17.7 Å². The minimum Gasteiger partial charge on any atom is -0.454 e. The summed E-state index contributed by atoms with van der Waals surface area (Å²) in [5.41, 5.74) is 3.29. The number of H-pyrrole nitrogens is 1. The molecule has 3 aromatic rings. The summed E-state index contributed by atoms with van der Waals surface area (Å²) >= 11 is 0. The molecule has 0 spiro atoms.